The van der Waals surface area contributed by atoms with Gasteiger partial charge in [-0.3, -0.25) is 14.9 Å². The lowest BCUT2D eigenvalue weighted by molar-refractivity contribution is -0.385. The Kier molecular flexibility index (Phi) is 5.65. The normalized spacial score (nSPS) is 10.8. The number of carbonyl (C=O) groups excluding carboxylic acids is 2. The van der Waals surface area contributed by atoms with E-state index in [1.165, 1.54) is 13.2 Å². The monoisotopic (exact) mass is 454 g/mol. The molecule has 32 heavy (non-hydrogen) atoms. The molecule has 0 aliphatic carbocycles. The van der Waals surface area contributed by atoms with Crippen LogP contribution < -0.4 is 10.1 Å². The van der Waals surface area contributed by atoms with Gasteiger partial charge in [-0.2, -0.15) is 0 Å². The van der Waals surface area contributed by atoms with Gasteiger partial charge in [0.05, 0.1) is 17.7 Å². The quantitative estimate of drug-likeness (QED) is 0.248. The summed E-state index contributed by atoms with van der Waals surface area (Å²) in [5, 5.41) is 15.5. The number of hydrogen-bond acceptors (Lipinski definition) is 7. The third kappa shape index (κ3) is 4.06. The van der Waals surface area contributed by atoms with Crippen LogP contribution in [0.2, 0.25) is 5.02 Å². The van der Waals surface area contributed by atoms with Crippen molar-refractivity contribution in [2.24, 2.45) is 0 Å². The van der Waals surface area contributed by atoms with E-state index in [2.05, 4.69) is 5.32 Å². The predicted octanol–water partition coefficient (Wildman–Crippen LogP) is 4.95. The minimum atomic E-state index is -1.05. The van der Waals surface area contributed by atoms with Crippen LogP contribution in [0.4, 0.5) is 11.4 Å². The Morgan fingerprint density at radius 3 is 2.62 bits per heavy atom. The number of methoxy groups -OCH3 is 1. The van der Waals surface area contributed by atoms with Crippen LogP contribution in [0.1, 0.15) is 10.4 Å². The van der Waals surface area contributed by atoms with Gasteiger partial charge in [0.25, 0.3) is 11.6 Å². The number of hydrogen-bond donors (Lipinski definition) is 1. The van der Waals surface area contributed by atoms with Gasteiger partial charge in [0.15, 0.2) is 6.61 Å². The first-order chi connectivity index (χ1) is 15.4. The first-order valence-corrected chi connectivity index (χ1v) is 9.65. The smallest absolute Gasteiger partial charge is 0.345 e. The molecule has 0 aliphatic heterocycles. The number of para-hydroxylation sites is 1. The predicted molar refractivity (Wildman–Crippen MR) is 117 cm³/mol. The number of carbonyl (C=O) groups is 2. The summed E-state index contributed by atoms with van der Waals surface area (Å²) in [4.78, 5) is 35.0. The van der Waals surface area contributed by atoms with Crippen LogP contribution in [-0.2, 0) is 9.53 Å². The number of rotatable bonds is 6. The van der Waals surface area contributed by atoms with Crippen LogP contribution in [0, 0.1) is 10.1 Å². The highest BCUT2D eigenvalue weighted by molar-refractivity contribution is 6.31. The number of anilines is 1. The summed E-state index contributed by atoms with van der Waals surface area (Å²) >= 11 is 5.81. The maximum atomic E-state index is 12.4. The molecule has 10 heteroatoms. The van der Waals surface area contributed by atoms with Gasteiger partial charge in [-0.15, -0.1) is 0 Å². The number of ether oxygens (including phenoxy) is 2. The largest absolute Gasteiger partial charge is 0.495 e. The molecule has 0 fully saturated rings. The second-order valence-corrected chi connectivity index (χ2v) is 7.13. The van der Waals surface area contributed by atoms with Crippen molar-refractivity contribution in [3.63, 3.8) is 0 Å². The molecule has 1 N–H and O–H groups in total. The number of fused-ring (bicyclic) bond motifs is 3. The Bertz CT molecular complexity index is 1380. The van der Waals surface area contributed by atoms with Crippen molar-refractivity contribution in [3.8, 4) is 5.75 Å². The van der Waals surface area contributed by atoms with Crippen LogP contribution in [0.3, 0.4) is 0 Å². The van der Waals surface area contributed by atoms with Crippen LogP contribution >= 0.6 is 11.6 Å². The number of halogens is 1. The van der Waals surface area contributed by atoms with Gasteiger partial charge < -0.3 is 19.2 Å². The molecule has 1 heterocycles. The molecule has 4 rings (SSSR count). The number of amides is 1. The number of furan rings is 1. The second-order valence-electron chi connectivity index (χ2n) is 6.69. The van der Waals surface area contributed by atoms with Gasteiger partial charge in [0.1, 0.15) is 22.5 Å². The summed E-state index contributed by atoms with van der Waals surface area (Å²) in [6.07, 6.45) is 0. The van der Waals surface area contributed by atoms with Crippen molar-refractivity contribution in [3.05, 3.63) is 75.3 Å². The summed E-state index contributed by atoms with van der Waals surface area (Å²) in [5.74, 6) is -1.33. The number of nitrogens with one attached hydrogen (secondary N) is 1. The molecule has 1 amide bonds. The lowest BCUT2D eigenvalue weighted by Crippen LogP contribution is -2.21. The zero-order valence-electron chi connectivity index (χ0n) is 16.6. The van der Waals surface area contributed by atoms with E-state index in [4.69, 9.17) is 25.5 Å². The molecule has 4 aromatic rings. The molecule has 162 valence electrons. The lowest BCUT2D eigenvalue weighted by atomic mass is 10.1. The minimum Gasteiger partial charge on any atom is -0.495 e. The molecule has 0 saturated heterocycles. The summed E-state index contributed by atoms with van der Waals surface area (Å²) in [6.45, 7) is -0.677. The Hall–Kier alpha value is -4.11. The fourth-order valence-electron chi connectivity index (χ4n) is 3.24. The van der Waals surface area contributed by atoms with E-state index < -0.39 is 29.1 Å². The van der Waals surface area contributed by atoms with Crippen molar-refractivity contribution in [2.75, 3.05) is 19.0 Å². The molecule has 0 atom stereocenters. The van der Waals surface area contributed by atoms with E-state index >= 15 is 0 Å². The van der Waals surface area contributed by atoms with Crippen LogP contribution in [0.15, 0.2) is 59.0 Å². The van der Waals surface area contributed by atoms with Gasteiger partial charge in [-0.05, 0) is 24.3 Å². The molecule has 3 aromatic carbocycles. The van der Waals surface area contributed by atoms with E-state index in [0.717, 1.165) is 22.9 Å². The average Bonchev–Trinajstić information content (AvgIpc) is 3.13. The first-order valence-electron chi connectivity index (χ1n) is 9.27. The van der Waals surface area contributed by atoms with E-state index in [1.54, 1.807) is 12.1 Å². The van der Waals surface area contributed by atoms with Crippen molar-refractivity contribution in [1.82, 2.24) is 0 Å². The van der Waals surface area contributed by atoms with E-state index in [0.29, 0.717) is 22.6 Å². The molecule has 0 spiro atoms. The van der Waals surface area contributed by atoms with E-state index in [9.17, 15) is 19.7 Å². The standard InChI is InChI=1S/C22H15ClN2O7/c1-30-20-9-14-13-4-2-3-5-18(13)32-19(14)10-16(20)24-21(26)11-31-22(27)15-8-12(23)6-7-17(15)25(28)29/h2-10H,11H2,1H3,(H,24,26). The van der Waals surface area contributed by atoms with Gasteiger partial charge in [0, 0.05) is 27.9 Å². The molecule has 0 aliphatic rings. The summed E-state index contributed by atoms with van der Waals surface area (Å²) in [7, 11) is 1.46. The molecule has 0 radical (unpaired) electrons. The van der Waals surface area contributed by atoms with Crippen LogP contribution in [0.5, 0.6) is 5.75 Å². The summed E-state index contributed by atoms with van der Waals surface area (Å²) < 4.78 is 16.1. The molecule has 0 bridgehead atoms. The molecule has 9 nitrogen and oxygen atoms in total. The van der Waals surface area contributed by atoms with Crippen molar-refractivity contribution in [2.45, 2.75) is 0 Å². The van der Waals surface area contributed by atoms with Gasteiger partial charge >= 0.3 is 5.97 Å². The first kappa shape index (κ1) is 21.1. The third-order valence-corrected chi connectivity index (χ3v) is 4.92. The van der Waals surface area contributed by atoms with Gasteiger partial charge in [-0.25, -0.2) is 4.79 Å². The number of benzene rings is 3. The van der Waals surface area contributed by atoms with Crippen molar-refractivity contribution < 1.29 is 28.4 Å². The number of nitro benzene ring substituents is 1. The Morgan fingerprint density at radius 1 is 1.09 bits per heavy atom. The third-order valence-electron chi connectivity index (χ3n) is 4.68. The summed E-state index contributed by atoms with van der Waals surface area (Å²) in [6, 6.07) is 14.3. The molecular weight excluding hydrogens is 440 g/mol. The van der Waals surface area contributed by atoms with Gasteiger partial charge in [0.2, 0.25) is 0 Å². The fraction of sp³-hybridized carbons (Fsp3) is 0.0909. The lowest BCUT2D eigenvalue weighted by Gasteiger charge is -2.11. The number of nitrogens with zero attached hydrogens (tertiary/aromatic N) is 1. The highest BCUT2D eigenvalue weighted by Gasteiger charge is 2.23. The minimum absolute atomic E-state index is 0.121. The maximum absolute atomic E-state index is 12.4. The molecular formula is C22H15ClN2O7. The Morgan fingerprint density at radius 2 is 1.88 bits per heavy atom. The molecule has 0 unspecified atom stereocenters. The summed E-state index contributed by atoms with van der Waals surface area (Å²) in [5.41, 5.74) is 0.709. The van der Waals surface area contributed by atoms with Crippen LogP contribution in [-0.4, -0.2) is 30.5 Å². The number of nitro groups is 1. The fourth-order valence-corrected chi connectivity index (χ4v) is 3.42. The van der Waals surface area contributed by atoms with Crippen LogP contribution in [0.25, 0.3) is 21.9 Å². The van der Waals surface area contributed by atoms with Crippen molar-refractivity contribution in [1.29, 1.82) is 0 Å². The average molecular weight is 455 g/mol. The van der Waals surface area contributed by atoms with E-state index in [1.807, 2.05) is 24.3 Å². The highest BCUT2D eigenvalue weighted by Crippen LogP contribution is 2.36. The topological polar surface area (TPSA) is 121 Å². The Labute approximate surface area is 185 Å². The number of esters is 1. The second kappa shape index (κ2) is 8.56. The zero-order chi connectivity index (χ0) is 22.8. The Balaban J connectivity index is 1.52. The SMILES string of the molecule is COc1cc2c(cc1NC(=O)COC(=O)c1cc(Cl)ccc1[N+](=O)[O-])oc1ccccc12. The molecule has 0 saturated carbocycles. The van der Waals surface area contributed by atoms with E-state index in [-0.39, 0.29) is 10.6 Å². The maximum Gasteiger partial charge on any atom is 0.345 e. The van der Waals surface area contributed by atoms with Gasteiger partial charge in [-0.1, -0.05) is 29.8 Å². The van der Waals surface area contributed by atoms with Crippen molar-refractivity contribution >= 4 is 56.8 Å². The molecule has 1 aromatic heterocycles. The highest BCUT2D eigenvalue weighted by atomic mass is 35.5. The zero-order valence-corrected chi connectivity index (χ0v) is 17.3.